The highest BCUT2D eigenvalue weighted by Crippen LogP contribution is 2.35. The number of rotatable bonds is 2. The Balaban J connectivity index is 2.31. The fraction of sp³-hybridized carbons (Fsp3) is 0.0769. The van der Waals surface area contributed by atoms with Crippen LogP contribution in [0.3, 0.4) is 0 Å². The number of nitrogens with two attached hydrogens (primary N) is 2. The second-order valence-electron chi connectivity index (χ2n) is 3.84. The normalized spacial score (nSPS) is 10.4. The summed E-state index contributed by atoms with van der Waals surface area (Å²) in [5.41, 5.74) is 14.1. The summed E-state index contributed by atoms with van der Waals surface area (Å²) in [6.07, 6.45) is 0. The van der Waals surface area contributed by atoms with Crippen LogP contribution in [0.25, 0.3) is 0 Å². The summed E-state index contributed by atoms with van der Waals surface area (Å²) in [6.45, 7) is 1.96. The molecule has 0 bridgehead atoms. The number of aromatic hydroxyl groups is 1. The second-order valence-corrected chi connectivity index (χ2v) is 4.96. The van der Waals surface area contributed by atoms with Gasteiger partial charge in [-0.3, -0.25) is 0 Å². The topological polar surface area (TPSA) is 72.3 Å². The molecule has 0 heterocycles. The van der Waals surface area contributed by atoms with Crippen LogP contribution in [0.2, 0.25) is 0 Å². The third-order valence-corrected chi connectivity index (χ3v) is 3.54. The van der Waals surface area contributed by atoms with Gasteiger partial charge in [-0.05, 0) is 42.8 Å². The first kappa shape index (κ1) is 11.7. The van der Waals surface area contributed by atoms with E-state index in [-0.39, 0.29) is 5.75 Å². The minimum atomic E-state index is 0.210. The van der Waals surface area contributed by atoms with E-state index < -0.39 is 0 Å². The van der Waals surface area contributed by atoms with Gasteiger partial charge in [-0.25, -0.2) is 0 Å². The molecule has 2 aromatic carbocycles. The molecule has 3 nitrogen and oxygen atoms in total. The number of nitrogen functional groups attached to an aromatic ring is 2. The van der Waals surface area contributed by atoms with Crippen molar-refractivity contribution < 1.29 is 5.11 Å². The molecule has 0 aromatic heterocycles. The van der Waals surface area contributed by atoms with Crippen LogP contribution in [-0.4, -0.2) is 5.11 Å². The predicted octanol–water partition coefficient (Wildman–Crippen LogP) is 3.02. The predicted molar refractivity (Wildman–Crippen MR) is 72.2 cm³/mol. The molecule has 4 heteroatoms. The molecule has 2 aromatic rings. The lowest BCUT2D eigenvalue weighted by atomic mass is 10.2. The summed E-state index contributed by atoms with van der Waals surface area (Å²) in [4.78, 5) is 1.83. The third kappa shape index (κ3) is 2.65. The van der Waals surface area contributed by atoms with E-state index in [2.05, 4.69) is 0 Å². The smallest absolute Gasteiger partial charge is 0.116 e. The van der Waals surface area contributed by atoms with E-state index in [1.54, 1.807) is 18.2 Å². The zero-order chi connectivity index (χ0) is 12.4. The van der Waals surface area contributed by atoms with E-state index in [0.29, 0.717) is 5.69 Å². The number of hydrogen-bond acceptors (Lipinski definition) is 4. The second kappa shape index (κ2) is 4.59. The van der Waals surface area contributed by atoms with Crippen LogP contribution in [0.15, 0.2) is 46.2 Å². The van der Waals surface area contributed by atoms with Gasteiger partial charge in [0.15, 0.2) is 0 Å². The molecule has 0 atom stereocenters. The lowest BCUT2D eigenvalue weighted by molar-refractivity contribution is 0.474. The van der Waals surface area contributed by atoms with Crippen molar-refractivity contribution in [2.45, 2.75) is 16.7 Å². The molecule has 0 amide bonds. The Labute approximate surface area is 104 Å². The average molecular weight is 246 g/mol. The zero-order valence-electron chi connectivity index (χ0n) is 9.47. The molecule has 17 heavy (non-hydrogen) atoms. The van der Waals surface area contributed by atoms with E-state index in [4.69, 9.17) is 11.5 Å². The third-order valence-electron chi connectivity index (χ3n) is 2.48. The van der Waals surface area contributed by atoms with Crippen molar-refractivity contribution in [1.29, 1.82) is 0 Å². The number of hydrogen-bond donors (Lipinski definition) is 3. The van der Waals surface area contributed by atoms with Crippen LogP contribution in [0.4, 0.5) is 11.4 Å². The van der Waals surface area contributed by atoms with E-state index in [9.17, 15) is 5.11 Å². The Bertz CT molecular complexity index is 555. The minimum absolute atomic E-state index is 0.210. The molecular weight excluding hydrogens is 232 g/mol. The highest BCUT2D eigenvalue weighted by atomic mass is 32.2. The van der Waals surface area contributed by atoms with Crippen molar-refractivity contribution >= 4 is 23.1 Å². The average Bonchev–Trinajstić information content (AvgIpc) is 2.29. The maximum Gasteiger partial charge on any atom is 0.116 e. The lowest BCUT2D eigenvalue weighted by Gasteiger charge is -2.07. The molecule has 0 aliphatic heterocycles. The van der Waals surface area contributed by atoms with Gasteiger partial charge in [-0.2, -0.15) is 0 Å². The molecular formula is C13H14N2OS. The van der Waals surface area contributed by atoms with E-state index in [1.165, 1.54) is 11.8 Å². The van der Waals surface area contributed by atoms with Crippen molar-refractivity contribution in [1.82, 2.24) is 0 Å². The highest BCUT2D eigenvalue weighted by Gasteiger charge is 2.04. The SMILES string of the molecule is Cc1ccc(Sc2cc(O)ccc2N)cc1N. The number of phenols is 1. The van der Waals surface area contributed by atoms with Crippen molar-refractivity contribution in [3.63, 3.8) is 0 Å². The Morgan fingerprint density at radius 3 is 2.47 bits per heavy atom. The molecule has 0 spiro atoms. The van der Waals surface area contributed by atoms with Gasteiger partial charge in [0.05, 0.1) is 0 Å². The summed E-state index contributed by atoms with van der Waals surface area (Å²) >= 11 is 1.49. The first-order valence-electron chi connectivity index (χ1n) is 5.19. The van der Waals surface area contributed by atoms with E-state index in [0.717, 1.165) is 21.0 Å². The molecule has 0 fully saturated rings. The first-order valence-corrected chi connectivity index (χ1v) is 6.00. The molecule has 0 aliphatic rings. The van der Waals surface area contributed by atoms with Gasteiger partial charge in [0.25, 0.3) is 0 Å². The number of anilines is 2. The van der Waals surface area contributed by atoms with Crippen molar-refractivity contribution in [3.8, 4) is 5.75 Å². The number of phenolic OH excluding ortho intramolecular Hbond substituents is 1. The largest absolute Gasteiger partial charge is 0.508 e. The van der Waals surface area contributed by atoms with Gasteiger partial charge in [0.1, 0.15) is 5.75 Å². The monoisotopic (exact) mass is 246 g/mol. The maximum atomic E-state index is 9.42. The summed E-state index contributed by atoms with van der Waals surface area (Å²) in [7, 11) is 0. The van der Waals surface area contributed by atoms with Gasteiger partial charge in [-0.15, -0.1) is 0 Å². The summed E-state index contributed by atoms with van der Waals surface area (Å²) in [5, 5.41) is 9.42. The van der Waals surface area contributed by atoms with Crippen LogP contribution in [-0.2, 0) is 0 Å². The maximum absolute atomic E-state index is 9.42. The first-order chi connectivity index (χ1) is 8.06. The molecule has 2 rings (SSSR count). The molecule has 0 saturated carbocycles. The van der Waals surface area contributed by atoms with Gasteiger partial charge in [0.2, 0.25) is 0 Å². The Morgan fingerprint density at radius 1 is 1.00 bits per heavy atom. The van der Waals surface area contributed by atoms with Crippen molar-refractivity contribution in [3.05, 3.63) is 42.0 Å². The Kier molecular flexibility index (Phi) is 3.15. The van der Waals surface area contributed by atoms with E-state index >= 15 is 0 Å². The Hall–Kier alpha value is -1.81. The summed E-state index contributed by atoms with van der Waals surface area (Å²) in [6, 6.07) is 10.8. The highest BCUT2D eigenvalue weighted by molar-refractivity contribution is 7.99. The van der Waals surface area contributed by atoms with Gasteiger partial charge < -0.3 is 16.6 Å². The van der Waals surface area contributed by atoms with Crippen molar-refractivity contribution in [2.24, 2.45) is 0 Å². The molecule has 0 saturated heterocycles. The van der Waals surface area contributed by atoms with Gasteiger partial charge in [0, 0.05) is 21.2 Å². The minimum Gasteiger partial charge on any atom is -0.508 e. The van der Waals surface area contributed by atoms with Gasteiger partial charge in [-0.1, -0.05) is 17.8 Å². The van der Waals surface area contributed by atoms with Crippen LogP contribution in [0, 0.1) is 6.92 Å². The van der Waals surface area contributed by atoms with Crippen LogP contribution >= 0.6 is 11.8 Å². The molecule has 0 unspecified atom stereocenters. The lowest BCUT2D eigenvalue weighted by Crippen LogP contribution is -1.90. The Morgan fingerprint density at radius 2 is 1.76 bits per heavy atom. The summed E-state index contributed by atoms with van der Waals surface area (Å²) in [5.74, 6) is 0.210. The zero-order valence-corrected chi connectivity index (χ0v) is 10.3. The van der Waals surface area contributed by atoms with Gasteiger partial charge >= 0.3 is 0 Å². The fourth-order valence-corrected chi connectivity index (χ4v) is 2.36. The molecule has 88 valence electrons. The number of benzene rings is 2. The quantitative estimate of drug-likeness (QED) is 0.562. The number of aryl methyl sites for hydroxylation is 1. The molecule has 0 radical (unpaired) electrons. The standard InChI is InChI=1S/C13H14N2OS/c1-8-2-4-10(7-12(8)15)17-13-6-9(16)3-5-11(13)14/h2-7,16H,14-15H2,1H3. The molecule has 0 aliphatic carbocycles. The van der Waals surface area contributed by atoms with E-state index in [1.807, 2.05) is 25.1 Å². The fourth-order valence-electron chi connectivity index (χ4n) is 1.42. The molecule has 5 N–H and O–H groups in total. The van der Waals surface area contributed by atoms with Crippen LogP contribution in [0.5, 0.6) is 5.75 Å². The van der Waals surface area contributed by atoms with Crippen LogP contribution in [0.1, 0.15) is 5.56 Å². The van der Waals surface area contributed by atoms with Crippen LogP contribution < -0.4 is 11.5 Å². The summed E-state index contributed by atoms with van der Waals surface area (Å²) < 4.78 is 0. The van der Waals surface area contributed by atoms with Crippen molar-refractivity contribution in [2.75, 3.05) is 11.5 Å².